The molecule has 18 heavy (non-hydrogen) atoms. The van der Waals surface area contributed by atoms with Crippen molar-refractivity contribution in [2.45, 2.75) is 18.9 Å². The van der Waals surface area contributed by atoms with Crippen molar-refractivity contribution in [1.29, 1.82) is 0 Å². The van der Waals surface area contributed by atoms with Gasteiger partial charge < -0.3 is 10.1 Å². The maximum atomic E-state index is 12.7. The summed E-state index contributed by atoms with van der Waals surface area (Å²) in [7, 11) is 1.37. The number of hydrogen-bond acceptors (Lipinski definition) is 3. The van der Waals surface area contributed by atoms with Gasteiger partial charge in [-0.1, -0.05) is 12.1 Å². The summed E-state index contributed by atoms with van der Waals surface area (Å²) in [5, 5.41) is 3.38. The van der Waals surface area contributed by atoms with Crippen molar-refractivity contribution in [3.63, 3.8) is 0 Å². The minimum atomic E-state index is -0.334. The van der Waals surface area contributed by atoms with Gasteiger partial charge >= 0.3 is 5.97 Å². The van der Waals surface area contributed by atoms with Crippen LogP contribution in [0.1, 0.15) is 34.8 Å². The number of hydrogen-bond donors (Lipinski definition) is 1. The number of piperidine rings is 1. The molecule has 1 aliphatic rings. The van der Waals surface area contributed by atoms with Crippen LogP contribution in [0.3, 0.4) is 0 Å². The van der Waals surface area contributed by atoms with E-state index in [0.717, 1.165) is 24.9 Å². The smallest absolute Gasteiger partial charge is 0.337 e. The van der Waals surface area contributed by atoms with E-state index in [1.54, 1.807) is 12.1 Å². The molecular formula is C14H18FNO2. The molecule has 1 saturated heterocycles. The van der Waals surface area contributed by atoms with Gasteiger partial charge in [0.1, 0.15) is 0 Å². The monoisotopic (exact) mass is 251 g/mol. The Morgan fingerprint density at radius 1 is 1.44 bits per heavy atom. The topological polar surface area (TPSA) is 38.3 Å². The van der Waals surface area contributed by atoms with Gasteiger partial charge in [-0.05, 0) is 43.0 Å². The minimum Gasteiger partial charge on any atom is -0.465 e. The van der Waals surface area contributed by atoms with E-state index >= 15 is 0 Å². The minimum absolute atomic E-state index is 0.150. The zero-order chi connectivity index (χ0) is 13.0. The zero-order valence-corrected chi connectivity index (χ0v) is 10.5. The van der Waals surface area contributed by atoms with E-state index in [2.05, 4.69) is 10.1 Å². The second-order valence-corrected chi connectivity index (χ2v) is 4.67. The van der Waals surface area contributed by atoms with Gasteiger partial charge in [-0.25, -0.2) is 4.79 Å². The van der Waals surface area contributed by atoms with Crippen LogP contribution in [0.2, 0.25) is 0 Å². The Bertz CT molecular complexity index is 405. The number of methoxy groups -OCH3 is 1. The molecule has 0 radical (unpaired) electrons. The first-order valence-electron chi connectivity index (χ1n) is 6.22. The average molecular weight is 251 g/mol. The third kappa shape index (κ3) is 2.88. The van der Waals surface area contributed by atoms with Crippen LogP contribution in [-0.2, 0) is 4.74 Å². The number of rotatable bonds is 3. The number of halogens is 1. The predicted molar refractivity (Wildman–Crippen MR) is 67.2 cm³/mol. The lowest BCUT2D eigenvalue weighted by Crippen LogP contribution is -2.32. The SMILES string of the molecule is COC(=O)c1ccc(C2CC(CF)CCN2)cc1. The summed E-state index contributed by atoms with van der Waals surface area (Å²) in [5.74, 6) is -0.184. The Kier molecular flexibility index (Phi) is 4.31. The molecule has 2 atom stereocenters. The molecule has 1 heterocycles. The molecule has 1 fully saturated rings. The van der Waals surface area contributed by atoms with Gasteiger partial charge in [-0.2, -0.15) is 0 Å². The Hall–Kier alpha value is -1.42. The molecule has 2 rings (SSSR count). The molecule has 98 valence electrons. The number of alkyl halides is 1. The summed E-state index contributed by atoms with van der Waals surface area (Å²) in [6.07, 6.45) is 1.71. The summed E-state index contributed by atoms with van der Waals surface area (Å²) < 4.78 is 17.3. The van der Waals surface area contributed by atoms with Crippen LogP contribution in [0.5, 0.6) is 0 Å². The van der Waals surface area contributed by atoms with Gasteiger partial charge in [-0.3, -0.25) is 4.39 Å². The lowest BCUT2D eigenvalue weighted by molar-refractivity contribution is 0.0600. The second kappa shape index (κ2) is 5.96. The summed E-state index contributed by atoms with van der Waals surface area (Å²) in [6.45, 7) is 0.594. The molecule has 1 aliphatic heterocycles. The maximum Gasteiger partial charge on any atom is 0.337 e. The van der Waals surface area contributed by atoms with E-state index in [9.17, 15) is 9.18 Å². The van der Waals surface area contributed by atoms with Crippen molar-refractivity contribution in [1.82, 2.24) is 5.32 Å². The van der Waals surface area contributed by atoms with Crippen LogP contribution in [0.4, 0.5) is 4.39 Å². The van der Waals surface area contributed by atoms with E-state index < -0.39 is 0 Å². The summed E-state index contributed by atoms with van der Waals surface area (Å²) in [6, 6.07) is 7.50. The van der Waals surface area contributed by atoms with Crippen LogP contribution in [-0.4, -0.2) is 26.3 Å². The number of benzene rings is 1. The van der Waals surface area contributed by atoms with Crippen molar-refractivity contribution in [2.75, 3.05) is 20.3 Å². The fourth-order valence-corrected chi connectivity index (χ4v) is 2.36. The van der Waals surface area contributed by atoms with Crippen LogP contribution in [0, 0.1) is 5.92 Å². The van der Waals surface area contributed by atoms with Crippen molar-refractivity contribution >= 4 is 5.97 Å². The lowest BCUT2D eigenvalue weighted by Gasteiger charge is -2.29. The van der Waals surface area contributed by atoms with Crippen LogP contribution in [0.25, 0.3) is 0 Å². The van der Waals surface area contributed by atoms with E-state index in [1.807, 2.05) is 12.1 Å². The van der Waals surface area contributed by atoms with Crippen molar-refractivity contribution < 1.29 is 13.9 Å². The Morgan fingerprint density at radius 3 is 2.78 bits per heavy atom. The van der Waals surface area contributed by atoms with Gasteiger partial charge in [0.15, 0.2) is 0 Å². The molecule has 4 heteroatoms. The normalized spacial score (nSPS) is 23.7. The van der Waals surface area contributed by atoms with Crippen LogP contribution in [0.15, 0.2) is 24.3 Å². The van der Waals surface area contributed by atoms with E-state index in [0.29, 0.717) is 5.56 Å². The van der Waals surface area contributed by atoms with Gasteiger partial charge in [0.05, 0.1) is 19.3 Å². The molecule has 1 N–H and O–H groups in total. The number of nitrogens with one attached hydrogen (secondary N) is 1. The highest BCUT2D eigenvalue weighted by Gasteiger charge is 2.22. The summed E-state index contributed by atoms with van der Waals surface area (Å²) in [5.41, 5.74) is 1.64. The molecule has 0 saturated carbocycles. The summed E-state index contributed by atoms with van der Waals surface area (Å²) in [4.78, 5) is 11.3. The average Bonchev–Trinajstić information content (AvgIpc) is 2.46. The largest absolute Gasteiger partial charge is 0.465 e. The van der Waals surface area contributed by atoms with E-state index in [1.165, 1.54) is 7.11 Å². The Morgan fingerprint density at radius 2 is 2.17 bits per heavy atom. The summed E-state index contributed by atoms with van der Waals surface area (Å²) >= 11 is 0. The van der Waals surface area contributed by atoms with E-state index in [-0.39, 0.29) is 24.6 Å². The first-order chi connectivity index (χ1) is 8.74. The van der Waals surface area contributed by atoms with Crippen molar-refractivity contribution in [3.05, 3.63) is 35.4 Å². The molecule has 0 amide bonds. The first kappa shape index (κ1) is 13.0. The third-order valence-electron chi connectivity index (χ3n) is 3.46. The Balaban J connectivity index is 2.07. The molecule has 0 aromatic heterocycles. The number of carbonyl (C=O) groups is 1. The van der Waals surface area contributed by atoms with E-state index in [4.69, 9.17) is 0 Å². The molecule has 1 aromatic carbocycles. The van der Waals surface area contributed by atoms with Gasteiger partial charge in [0, 0.05) is 6.04 Å². The lowest BCUT2D eigenvalue weighted by atomic mass is 9.89. The highest BCUT2D eigenvalue weighted by Crippen LogP contribution is 2.27. The van der Waals surface area contributed by atoms with Gasteiger partial charge in [0.2, 0.25) is 0 Å². The molecular weight excluding hydrogens is 233 g/mol. The fourth-order valence-electron chi connectivity index (χ4n) is 2.36. The highest BCUT2D eigenvalue weighted by atomic mass is 19.1. The second-order valence-electron chi connectivity index (χ2n) is 4.67. The number of ether oxygens (including phenoxy) is 1. The molecule has 1 aromatic rings. The quantitative estimate of drug-likeness (QED) is 0.839. The highest BCUT2D eigenvalue weighted by molar-refractivity contribution is 5.89. The maximum absolute atomic E-state index is 12.7. The first-order valence-corrected chi connectivity index (χ1v) is 6.22. The predicted octanol–water partition coefficient (Wildman–Crippen LogP) is 2.48. The third-order valence-corrected chi connectivity index (χ3v) is 3.46. The number of carbonyl (C=O) groups excluding carboxylic acids is 1. The molecule has 0 aliphatic carbocycles. The zero-order valence-electron chi connectivity index (χ0n) is 10.5. The fraction of sp³-hybridized carbons (Fsp3) is 0.500. The van der Waals surface area contributed by atoms with Gasteiger partial charge in [-0.15, -0.1) is 0 Å². The molecule has 0 bridgehead atoms. The van der Waals surface area contributed by atoms with Crippen LogP contribution < -0.4 is 5.32 Å². The molecule has 0 spiro atoms. The van der Waals surface area contributed by atoms with Crippen LogP contribution >= 0.6 is 0 Å². The molecule has 2 unspecified atom stereocenters. The standard InChI is InChI=1S/C14H18FNO2/c1-18-14(17)12-4-2-11(3-5-12)13-8-10(9-15)6-7-16-13/h2-5,10,13,16H,6-9H2,1H3. The van der Waals surface area contributed by atoms with Crippen molar-refractivity contribution in [2.24, 2.45) is 5.92 Å². The molecule has 3 nitrogen and oxygen atoms in total. The Labute approximate surface area is 106 Å². The van der Waals surface area contributed by atoms with Crippen molar-refractivity contribution in [3.8, 4) is 0 Å². The number of esters is 1. The van der Waals surface area contributed by atoms with Gasteiger partial charge in [0.25, 0.3) is 0 Å².